The zero-order chi connectivity index (χ0) is 27.7. The van der Waals surface area contributed by atoms with E-state index in [1.165, 1.54) is 17.8 Å². The Morgan fingerprint density at radius 1 is 1.18 bits per heavy atom. The van der Waals surface area contributed by atoms with E-state index in [9.17, 15) is 33.7 Å². The minimum Gasteiger partial charge on any atom is -0.387 e. The van der Waals surface area contributed by atoms with Crippen molar-refractivity contribution in [1.82, 2.24) is 14.5 Å². The van der Waals surface area contributed by atoms with Gasteiger partial charge < -0.3 is 44.4 Å². The number of phosphoric acid groups is 3. The minimum absolute atomic E-state index is 0.363. The summed E-state index contributed by atoms with van der Waals surface area (Å²) in [6.07, 6.45) is -1.46. The molecule has 0 saturated carbocycles. The number of nitrogens with zero attached hydrogens (tertiary/aromatic N) is 3. The average Bonchev–Trinajstić information content (AvgIpc) is 3.41. The van der Waals surface area contributed by atoms with E-state index >= 15 is 0 Å². The van der Waals surface area contributed by atoms with Gasteiger partial charge in [0.1, 0.15) is 35.6 Å². The molecule has 1 saturated heterocycles. The predicted molar refractivity (Wildman–Crippen MR) is 129 cm³/mol. The third-order valence-corrected chi connectivity index (χ3v) is 10.6. The van der Waals surface area contributed by atoms with E-state index < -0.39 is 54.1 Å². The molecule has 1 fully saturated rings. The molecule has 0 aromatic carbocycles. The molecule has 3 unspecified atom stereocenters. The van der Waals surface area contributed by atoms with Crippen LogP contribution < -0.4 is 5.32 Å². The number of hydrogen-bond acceptors (Lipinski definition) is 13. The summed E-state index contributed by atoms with van der Waals surface area (Å²) >= 11 is 1.54. The second-order valence-corrected chi connectivity index (χ2v) is 14.0. The normalized spacial score (nSPS) is 28.3. The Bertz CT molecular complexity index is 1540. The van der Waals surface area contributed by atoms with Crippen LogP contribution in [0.15, 0.2) is 24.0 Å². The fourth-order valence-corrected chi connectivity index (χ4v) is 8.19. The number of aliphatic hydroxyl groups excluding tert-OH is 1. The van der Waals surface area contributed by atoms with Crippen molar-refractivity contribution < 1.29 is 61.4 Å². The molecule has 3 aromatic heterocycles. The molecular formula is C17H21N4O13P3S. The van der Waals surface area contributed by atoms with Gasteiger partial charge in [-0.05, 0) is 23.9 Å². The first kappa shape index (κ1) is 28.0. The van der Waals surface area contributed by atoms with Crippen LogP contribution in [0.2, 0.25) is 0 Å². The number of thiophene rings is 1. The van der Waals surface area contributed by atoms with Crippen LogP contribution in [-0.2, 0) is 38.1 Å². The molecule has 0 bridgehead atoms. The molecule has 208 valence electrons. The van der Waals surface area contributed by atoms with Gasteiger partial charge in [-0.25, -0.2) is 23.7 Å². The van der Waals surface area contributed by atoms with Gasteiger partial charge in [0, 0.05) is 16.6 Å². The monoisotopic (exact) mass is 614 g/mol. The molecule has 0 aliphatic carbocycles. The lowest BCUT2D eigenvalue weighted by molar-refractivity contribution is -0.0946. The van der Waals surface area contributed by atoms with Crippen molar-refractivity contribution >= 4 is 51.7 Å². The summed E-state index contributed by atoms with van der Waals surface area (Å²) in [6, 6.07) is 1.93. The summed E-state index contributed by atoms with van der Waals surface area (Å²) < 4.78 is 53.6. The molecule has 7 N–H and O–H groups in total. The maximum atomic E-state index is 12.1. The van der Waals surface area contributed by atoms with Crippen molar-refractivity contribution in [3.63, 3.8) is 0 Å². The lowest BCUT2D eigenvalue weighted by atomic mass is 9.96. The molecule has 2 aliphatic rings. The maximum Gasteiger partial charge on any atom is 0.490 e. The Labute approximate surface area is 217 Å². The highest BCUT2D eigenvalue weighted by molar-refractivity contribution is 7.66. The third kappa shape index (κ3) is 5.27. The van der Waals surface area contributed by atoms with E-state index in [-0.39, 0.29) is 0 Å². The third-order valence-electron chi connectivity index (χ3n) is 5.89. The first-order chi connectivity index (χ1) is 17.6. The molecule has 5 rings (SSSR count). The Morgan fingerprint density at radius 2 is 1.92 bits per heavy atom. The van der Waals surface area contributed by atoms with E-state index in [0.29, 0.717) is 23.4 Å². The van der Waals surface area contributed by atoms with Gasteiger partial charge in [0.25, 0.3) is 0 Å². The first-order valence-electron chi connectivity index (χ1n) is 10.6. The van der Waals surface area contributed by atoms with Crippen molar-refractivity contribution in [2.24, 2.45) is 0 Å². The highest BCUT2D eigenvalue weighted by Crippen LogP contribution is 2.66. The number of fused-ring (bicyclic) bond motifs is 2. The zero-order valence-corrected chi connectivity index (χ0v) is 22.6. The van der Waals surface area contributed by atoms with Crippen LogP contribution >= 0.6 is 34.8 Å². The fraction of sp³-hybridized carbons (Fsp3) is 0.412. The molecule has 38 heavy (non-hydrogen) atoms. The van der Waals surface area contributed by atoms with E-state index in [1.54, 1.807) is 17.5 Å². The van der Waals surface area contributed by atoms with Gasteiger partial charge >= 0.3 is 23.5 Å². The van der Waals surface area contributed by atoms with Crippen molar-refractivity contribution in [3.8, 4) is 11.1 Å². The van der Waals surface area contributed by atoms with Crippen molar-refractivity contribution in [1.29, 1.82) is 0 Å². The molecule has 17 nitrogen and oxygen atoms in total. The van der Waals surface area contributed by atoms with Gasteiger partial charge in [0.2, 0.25) is 0 Å². The van der Waals surface area contributed by atoms with Gasteiger partial charge in [-0.2, -0.15) is 8.62 Å². The van der Waals surface area contributed by atoms with Crippen LogP contribution in [0.3, 0.4) is 0 Å². The lowest BCUT2D eigenvalue weighted by Gasteiger charge is -2.27. The van der Waals surface area contributed by atoms with Gasteiger partial charge in [0.05, 0.1) is 18.5 Å². The Balaban J connectivity index is 1.40. The topological polar surface area (TPSA) is 252 Å². The first-order valence-corrected chi connectivity index (χ1v) is 16.0. The number of rotatable bonds is 8. The quantitative estimate of drug-likeness (QED) is 0.177. The molecule has 0 radical (unpaired) electrons. The molecule has 0 amide bonds. The van der Waals surface area contributed by atoms with E-state index in [0.717, 1.165) is 16.0 Å². The Morgan fingerprint density at radius 3 is 2.63 bits per heavy atom. The molecule has 3 aromatic rings. The van der Waals surface area contributed by atoms with Crippen LogP contribution in [0, 0.1) is 0 Å². The molecule has 21 heteroatoms. The Kier molecular flexibility index (Phi) is 6.99. The lowest BCUT2D eigenvalue weighted by Crippen LogP contribution is -2.44. The van der Waals surface area contributed by atoms with Crippen LogP contribution in [0.25, 0.3) is 22.2 Å². The maximum absolute atomic E-state index is 12.1. The van der Waals surface area contributed by atoms with Crippen LogP contribution in [0.5, 0.6) is 0 Å². The number of ether oxygens (including phenoxy) is 1. The minimum atomic E-state index is -5.73. The smallest absolute Gasteiger partial charge is 0.387 e. The average molecular weight is 614 g/mol. The van der Waals surface area contributed by atoms with E-state index in [4.69, 9.17) is 14.5 Å². The van der Waals surface area contributed by atoms with Gasteiger partial charge in [-0.3, -0.25) is 4.52 Å². The number of nitrogens with one attached hydrogen (secondary N) is 1. The zero-order valence-electron chi connectivity index (χ0n) is 19.1. The second kappa shape index (κ2) is 9.51. The largest absolute Gasteiger partial charge is 0.490 e. The van der Waals surface area contributed by atoms with Crippen LogP contribution in [0.1, 0.15) is 18.0 Å². The number of hydrogen-bond donors (Lipinski definition) is 7. The summed E-state index contributed by atoms with van der Waals surface area (Å²) in [7, 11) is -16.8. The van der Waals surface area contributed by atoms with Gasteiger partial charge in [-0.15, -0.1) is 11.3 Å². The van der Waals surface area contributed by atoms with Gasteiger partial charge in [0.15, 0.2) is 6.23 Å². The second-order valence-electron chi connectivity index (χ2n) is 8.57. The standard InChI is InChI=1S/C17H21N4O13P3S/c1-17(23)13(22)10(6-31-36(27,28)34-37(29,30)33-35(24,25)26)32-16(17)21-5-9-8-2-3-38-11(8)4-18-14-12(9)15(21)20-7-19-14/h2-3,5,7,10,13,16,22-23H,4,6H2,1H3,(H,27,28)(H,29,30)(H,18,19,20)(H2,24,25,26)/t10?,13-,16-,17-/m1/s1. The highest BCUT2D eigenvalue weighted by atomic mass is 32.1. The molecule has 0 spiro atoms. The summed E-state index contributed by atoms with van der Waals surface area (Å²) in [5, 5.41) is 27.7. The number of phosphoric ester groups is 1. The molecule has 6 atom stereocenters. The Hall–Kier alpha value is -1.59. The van der Waals surface area contributed by atoms with Gasteiger partial charge in [-0.1, -0.05) is 0 Å². The number of aliphatic hydroxyl groups is 2. The molecular weight excluding hydrogens is 593 g/mol. The summed E-state index contributed by atoms with van der Waals surface area (Å²) in [5.41, 5.74) is 0.0419. The number of aromatic nitrogens is 3. The van der Waals surface area contributed by atoms with E-state index in [2.05, 4.69) is 28.4 Å². The van der Waals surface area contributed by atoms with Crippen molar-refractivity contribution in [2.75, 3.05) is 11.9 Å². The van der Waals surface area contributed by atoms with Crippen LogP contribution in [0.4, 0.5) is 5.82 Å². The summed E-state index contributed by atoms with van der Waals surface area (Å²) in [5.74, 6) is 0.551. The number of anilines is 1. The summed E-state index contributed by atoms with van der Waals surface area (Å²) in [6.45, 7) is 0.869. The molecule has 2 aliphatic heterocycles. The fourth-order valence-electron chi connectivity index (χ4n) is 4.33. The summed E-state index contributed by atoms with van der Waals surface area (Å²) in [4.78, 5) is 45.9. The van der Waals surface area contributed by atoms with Crippen molar-refractivity contribution in [3.05, 3.63) is 28.8 Å². The van der Waals surface area contributed by atoms with Crippen LogP contribution in [-0.4, -0.2) is 68.7 Å². The SMILES string of the molecule is C[C@@]1(O)[C@H](O)C(COP(=O)(O)OP(=O)(O)OP(=O)(O)O)O[C@H]1n1cc2c3c(ncnc31)NCc1sccc1-2. The van der Waals surface area contributed by atoms with E-state index in [1.807, 2.05) is 11.4 Å². The highest BCUT2D eigenvalue weighted by Gasteiger charge is 2.54. The molecule has 5 heterocycles. The van der Waals surface area contributed by atoms with Crippen molar-refractivity contribution in [2.45, 2.75) is 37.5 Å². The predicted octanol–water partition coefficient (Wildman–Crippen LogP) is 1.44.